The smallest absolute Gasteiger partial charge is 0.252 e. The summed E-state index contributed by atoms with van der Waals surface area (Å²) in [5, 5.41) is 0. The van der Waals surface area contributed by atoms with E-state index in [9.17, 15) is 4.79 Å². The van der Waals surface area contributed by atoms with Gasteiger partial charge in [0, 0.05) is 18.4 Å². The minimum atomic E-state index is -0.0288. The third-order valence-corrected chi connectivity index (χ3v) is 3.67. The molecule has 1 amide bonds. The van der Waals surface area contributed by atoms with Crippen molar-refractivity contribution < 1.29 is 4.79 Å². The van der Waals surface area contributed by atoms with Crippen molar-refractivity contribution >= 4 is 40.3 Å². The maximum atomic E-state index is 11.8. The first-order valence-electron chi connectivity index (χ1n) is 4.99. The number of hydrogen-bond donors (Lipinski definition) is 0. The summed E-state index contributed by atoms with van der Waals surface area (Å²) in [4.78, 5) is 13.4. The number of hydrogen-bond acceptors (Lipinski definition) is 3. The van der Waals surface area contributed by atoms with Crippen molar-refractivity contribution in [2.24, 2.45) is 0 Å². The summed E-state index contributed by atoms with van der Waals surface area (Å²) in [7, 11) is 0. The van der Waals surface area contributed by atoms with Gasteiger partial charge in [-0.05, 0) is 11.6 Å². The molecule has 1 aromatic carbocycles. The average molecular weight is 249 g/mol. The van der Waals surface area contributed by atoms with Crippen LogP contribution < -0.4 is 0 Å². The van der Waals surface area contributed by atoms with Gasteiger partial charge in [0.25, 0.3) is 5.91 Å². The van der Waals surface area contributed by atoms with E-state index in [1.165, 1.54) is 0 Å². The molecule has 1 saturated heterocycles. The number of rotatable bonds is 2. The number of carbonyl (C=O) groups excluding carboxylic acids is 1. The Kier molecular flexibility index (Phi) is 3.74. The highest BCUT2D eigenvalue weighted by Crippen LogP contribution is 2.18. The predicted molar refractivity (Wildman–Crippen MR) is 72.2 cm³/mol. The SMILES string of the molecule is O=C(/C=C\c1ccccc1)N1CCSC1=S. The molecule has 0 aliphatic carbocycles. The van der Waals surface area contributed by atoms with Crippen molar-refractivity contribution in [3.63, 3.8) is 0 Å². The average Bonchev–Trinajstić information content (AvgIpc) is 2.74. The Morgan fingerprint density at radius 2 is 2.12 bits per heavy atom. The van der Waals surface area contributed by atoms with Crippen LogP contribution in [-0.2, 0) is 4.79 Å². The number of benzene rings is 1. The summed E-state index contributed by atoms with van der Waals surface area (Å²) in [6.07, 6.45) is 3.39. The lowest BCUT2D eigenvalue weighted by molar-refractivity contribution is -0.121. The van der Waals surface area contributed by atoms with Gasteiger partial charge in [0.05, 0.1) is 0 Å². The fourth-order valence-corrected chi connectivity index (χ4v) is 2.63. The van der Waals surface area contributed by atoms with E-state index in [4.69, 9.17) is 12.2 Å². The maximum absolute atomic E-state index is 11.8. The first-order valence-corrected chi connectivity index (χ1v) is 6.38. The van der Waals surface area contributed by atoms with Gasteiger partial charge in [0.1, 0.15) is 4.32 Å². The van der Waals surface area contributed by atoms with Crippen LogP contribution in [0.1, 0.15) is 5.56 Å². The molecule has 0 saturated carbocycles. The zero-order valence-electron chi connectivity index (χ0n) is 8.63. The standard InChI is InChI=1S/C12H11NOS2/c14-11(13-8-9-16-12(13)15)7-6-10-4-2-1-3-5-10/h1-7H,8-9H2/b7-6-. The zero-order valence-corrected chi connectivity index (χ0v) is 10.3. The second-order valence-electron chi connectivity index (χ2n) is 3.35. The molecule has 2 rings (SSSR count). The van der Waals surface area contributed by atoms with Crippen LogP contribution in [0.15, 0.2) is 36.4 Å². The Morgan fingerprint density at radius 3 is 2.75 bits per heavy atom. The Bertz CT molecular complexity index is 428. The summed E-state index contributed by atoms with van der Waals surface area (Å²) < 4.78 is 0.683. The molecule has 1 heterocycles. The van der Waals surface area contributed by atoms with Crippen LogP contribution in [0.2, 0.25) is 0 Å². The minimum Gasteiger partial charge on any atom is -0.293 e. The Labute approximate surface area is 104 Å². The molecule has 2 nitrogen and oxygen atoms in total. The highest BCUT2D eigenvalue weighted by molar-refractivity contribution is 8.23. The molecule has 0 atom stereocenters. The van der Waals surface area contributed by atoms with Gasteiger partial charge in [-0.3, -0.25) is 9.69 Å². The second-order valence-corrected chi connectivity index (χ2v) is 5.08. The highest BCUT2D eigenvalue weighted by Gasteiger charge is 2.21. The number of carbonyl (C=O) groups is 1. The van der Waals surface area contributed by atoms with Crippen molar-refractivity contribution in [3.8, 4) is 0 Å². The fraction of sp³-hybridized carbons (Fsp3) is 0.167. The van der Waals surface area contributed by atoms with E-state index in [0.29, 0.717) is 4.32 Å². The number of thiocarbonyl (C=S) groups is 1. The summed E-state index contributed by atoms with van der Waals surface area (Å²) in [6.45, 7) is 0.724. The highest BCUT2D eigenvalue weighted by atomic mass is 32.2. The number of nitrogens with zero attached hydrogens (tertiary/aromatic N) is 1. The molecule has 0 bridgehead atoms. The van der Waals surface area contributed by atoms with Crippen LogP contribution in [0.3, 0.4) is 0 Å². The first kappa shape index (κ1) is 11.4. The van der Waals surface area contributed by atoms with Gasteiger partial charge in [-0.2, -0.15) is 0 Å². The summed E-state index contributed by atoms with van der Waals surface area (Å²) in [5.41, 5.74) is 1.02. The van der Waals surface area contributed by atoms with E-state index in [2.05, 4.69) is 0 Å². The molecule has 16 heavy (non-hydrogen) atoms. The van der Waals surface area contributed by atoms with E-state index >= 15 is 0 Å². The molecule has 0 radical (unpaired) electrons. The predicted octanol–water partition coefficient (Wildman–Crippen LogP) is 2.56. The van der Waals surface area contributed by atoms with Gasteiger partial charge in [-0.25, -0.2) is 0 Å². The van der Waals surface area contributed by atoms with Gasteiger partial charge in [-0.15, -0.1) is 0 Å². The van der Waals surface area contributed by atoms with E-state index in [1.807, 2.05) is 36.4 Å². The maximum Gasteiger partial charge on any atom is 0.252 e. The number of amides is 1. The topological polar surface area (TPSA) is 20.3 Å². The van der Waals surface area contributed by atoms with Crippen LogP contribution in [0.25, 0.3) is 6.08 Å². The molecule has 1 aromatic rings. The van der Waals surface area contributed by atoms with Crippen LogP contribution in [-0.4, -0.2) is 27.4 Å². The van der Waals surface area contributed by atoms with Crippen molar-refractivity contribution in [1.29, 1.82) is 0 Å². The summed E-state index contributed by atoms with van der Waals surface area (Å²) in [5.74, 6) is 0.878. The molecule has 1 aliphatic rings. The van der Waals surface area contributed by atoms with Crippen LogP contribution >= 0.6 is 24.0 Å². The normalized spacial score (nSPS) is 16.0. The molecule has 0 spiro atoms. The lowest BCUT2D eigenvalue weighted by Gasteiger charge is -2.11. The summed E-state index contributed by atoms with van der Waals surface area (Å²) in [6, 6.07) is 9.76. The zero-order chi connectivity index (χ0) is 11.4. The van der Waals surface area contributed by atoms with E-state index in [1.54, 1.807) is 22.7 Å². The van der Waals surface area contributed by atoms with E-state index < -0.39 is 0 Å². The Hall–Kier alpha value is -1.13. The molecule has 1 aliphatic heterocycles. The van der Waals surface area contributed by atoms with Gasteiger partial charge in [-0.1, -0.05) is 54.3 Å². The third-order valence-electron chi connectivity index (χ3n) is 2.24. The summed E-state index contributed by atoms with van der Waals surface area (Å²) >= 11 is 6.64. The molecule has 0 aromatic heterocycles. The molecule has 1 fully saturated rings. The minimum absolute atomic E-state index is 0.0288. The van der Waals surface area contributed by atoms with Gasteiger partial charge >= 0.3 is 0 Å². The second kappa shape index (κ2) is 5.27. The van der Waals surface area contributed by atoms with E-state index in [-0.39, 0.29) is 5.91 Å². The van der Waals surface area contributed by atoms with Crippen molar-refractivity contribution in [1.82, 2.24) is 4.90 Å². The molecule has 4 heteroatoms. The van der Waals surface area contributed by atoms with Gasteiger partial charge in [0.15, 0.2) is 0 Å². The molecule has 82 valence electrons. The third kappa shape index (κ3) is 2.71. The Balaban J connectivity index is 2.02. The van der Waals surface area contributed by atoms with Crippen LogP contribution in [0.4, 0.5) is 0 Å². The first-order chi connectivity index (χ1) is 7.77. The number of thioether (sulfide) groups is 1. The molecule has 0 N–H and O–H groups in total. The van der Waals surface area contributed by atoms with Crippen molar-refractivity contribution in [2.75, 3.05) is 12.3 Å². The van der Waals surface area contributed by atoms with E-state index in [0.717, 1.165) is 17.9 Å². The van der Waals surface area contributed by atoms with Gasteiger partial charge < -0.3 is 0 Å². The monoisotopic (exact) mass is 249 g/mol. The van der Waals surface area contributed by atoms with Gasteiger partial charge in [0.2, 0.25) is 0 Å². The van der Waals surface area contributed by atoms with Crippen LogP contribution in [0.5, 0.6) is 0 Å². The molecular weight excluding hydrogens is 238 g/mol. The van der Waals surface area contributed by atoms with Crippen LogP contribution in [0, 0.1) is 0 Å². The molecular formula is C12H11NOS2. The molecule has 0 unspecified atom stereocenters. The van der Waals surface area contributed by atoms with Crippen molar-refractivity contribution in [3.05, 3.63) is 42.0 Å². The quantitative estimate of drug-likeness (QED) is 0.593. The Morgan fingerprint density at radius 1 is 1.38 bits per heavy atom. The lowest BCUT2D eigenvalue weighted by Crippen LogP contribution is -2.28. The lowest BCUT2D eigenvalue weighted by atomic mass is 10.2. The largest absolute Gasteiger partial charge is 0.293 e. The van der Waals surface area contributed by atoms with Crippen molar-refractivity contribution in [2.45, 2.75) is 0 Å². The fourth-order valence-electron chi connectivity index (χ4n) is 1.42.